The summed E-state index contributed by atoms with van der Waals surface area (Å²) in [7, 11) is 8.31. The molecule has 0 aliphatic carbocycles. The van der Waals surface area contributed by atoms with Gasteiger partial charge in [0, 0.05) is 13.6 Å². The van der Waals surface area contributed by atoms with Crippen molar-refractivity contribution >= 4 is 0 Å². The fraction of sp³-hybridized carbons (Fsp3) is 1.00. The van der Waals surface area contributed by atoms with Gasteiger partial charge < -0.3 is 9.80 Å². The molecule has 0 aromatic carbocycles. The molecule has 0 radical (unpaired) electrons. The van der Waals surface area contributed by atoms with E-state index in [9.17, 15) is 0 Å². The SMILES string of the molecule is CC.CC.CC.CC.CN(C)CCCN(C)CCCN(C)N. The first kappa shape index (κ1) is 33.4. The summed E-state index contributed by atoms with van der Waals surface area (Å²) < 4.78 is 0. The molecule has 0 amide bonds. The van der Waals surface area contributed by atoms with Crippen LogP contribution in [0.3, 0.4) is 0 Å². The van der Waals surface area contributed by atoms with E-state index >= 15 is 0 Å². The molecule has 0 fully saturated rings. The summed E-state index contributed by atoms with van der Waals surface area (Å²) in [5.74, 6) is 5.53. The first-order chi connectivity index (χ1) is 10.5. The van der Waals surface area contributed by atoms with Gasteiger partial charge in [0.15, 0.2) is 0 Å². The van der Waals surface area contributed by atoms with Crippen LogP contribution in [0, 0.1) is 0 Å². The zero-order valence-corrected chi connectivity index (χ0v) is 18.2. The summed E-state index contributed by atoms with van der Waals surface area (Å²) in [4.78, 5) is 4.59. The van der Waals surface area contributed by atoms with Crippen LogP contribution in [0.5, 0.6) is 0 Å². The fourth-order valence-corrected chi connectivity index (χ4v) is 1.36. The van der Waals surface area contributed by atoms with Crippen molar-refractivity contribution in [2.75, 3.05) is 54.4 Å². The number of nitrogens with zero attached hydrogens (tertiary/aromatic N) is 3. The molecule has 0 unspecified atom stereocenters. The first-order valence-electron chi connectivity index (χ1n) is 9.31. The van der Waals surface area contributed by atoms with Crippen molar-refractivity contribution in [1.29, 1.82) is 0 Å². The molecular formula is C18H50N4. The lowest BCUT2D eigenvalue weighted by molar-refractivity contribution is 0.269. The largest absolute Gasteiger partial charge is 0.309 e. The molecule has 0 heterocycles. The van der Waals surface area contributed by atoms with E-state index in [1.54, 1.807) is 5.01 Å². The third kappa shape index (κ3) is 50.2. The Labute approximate surface area is 144 Å². The zero-order chi connectivity index (χ0) is 19.0. The third-order valence-electron chi connectivity index (χ3n) is 2.20. The lowest BCUT2D eigenvalue weighted by Crippen LogP contribution is -2.31. The Morgan fingerprint density at radius 3 is 1.14 bits per heavy atom. The smallest absolute Gasteiger partial charge is 0.0137 e. The fourth-order valence-electron chi connectivity index (χ4n) is 1.36. The van der Waals surface area contributed by atoms with E-state index in [2.05, 4.69) is 30.9 Å². The quantitative estimate of drug-likeness (QED) is 0.537. The molecule has 0 aliphatic rings. The molecule has 4 heteroatoms. The maximum absolute atomic E-state index is 5.53. The predicted molar refractivity (Wildman–Crippen MR) is 107 cm³/mol. The molecule has 0 saturated carbocycles. The van der Waals surface area contributed by atoms with Gasteiger partial charge in [-0.15, -0.1) is 0 Å². The highest BCUT2D eigenvalue weighted by Crippen LogP contribution is 1.92. The van der Waals surface area contributed by atoms with Crippen LogP contribution in [0.25, 0.3) is 0 Å². The number of hydrogen-bond donors (Lipinski definition) is 1. The topological polar surface area (TPSA) is 35.7 Å². The standard InChI is InChI=1S/C10H26N4.4C2H6/c1-12(2)7-5-8-13(3)9-6-10-14(4)11;4*1-2/h5-11H2,1-4H3;4*1-2H3. The molecule has 0 aromatic rings. The Kier molecular flexibility index (Phi) is 56.6. The van der Waals surface area contributed by atoms with Gasteiger partial charge >= 0.3 is 0 Å². The summed E-state index contributed by atoms with van der Waals surface area (Å²) in [6.45, 7) is 20.4. The molecule has 0 aliphatic heterocycles. The van der Waals surface area contributed by atoms with Gasteiger partial charge in [0.25, 0.3) is 0 Å². The van der Waals surface area contributed by atoms with Gasteiger partial charge in [-0.3, -0.25) is 10.9 Å². The van der Waals surface area contributed by atoms with E-state index in [4.69, 9.17) is 5.84 Å². The van der Waals surface area contributed by atoms with E-state index in [1.807, 2.05) is 62.4 Å². The normalized spacial score (nSPS) is 8.73. The first-order valence-corrected chi connectivity index (χ1v) is 9.31. The van der Waals surface area contributed by atoms with Crippen molar-refractivity contribution in [2.24, 2.45) is 5.84 Å². The van der Waals surface area contributed by atoms with Gasteiger partial charge in [-0.05, 0) is 53.6 Å². The molecule has 22 heavy (non-hydrogen) atoms. The minimum atomic E-state index is 0.970. The Balaban J connectivity index is -0.000000103. The van der Waals surface area contributed by atoms with Crippen LogP contribution in [0.1, 0.15) is 68.2 Å². The second kappa shape index (κ2) is 37.2. The van der Waals surface area contributed by atoms with E-state index in [0.29, 0.717) is 0 Å². The molecular weight excluding hydrogens is 272 g/mol. The maximum atomic E-state index is 5.53. The van der Waals surface area contributed by atoms with E-state index in [-0.39, 0.29) is 0 Å². The molecule has 142 valence electrons. The Hall–Kier alpha value is -0.160. The van der Waals surface area contributed by atoms with Gasteiger partial charge in [-0.1, -0.05) is 55.4 Å². The third-order valence-corrected chi connectivity index (χ3v) is 2.20. The highest BCUT2D eigenvalue weighted by Gasteiger charge is 1.99. The lowest BCUT2D eigenvalue weighted by atomic mass is 10.3. The second-order valence-electron chi connectivity index (χ2n) is 4.29. The molecule has 0 spiro atoms. The summed E-state index contributed by atoms with van der Waals surface area (Å²) in [6, 6.07) is 0. The van der Waals surface area contributed by atoms with Gasteiger partial charge in [0.1, 0.15) is 0 Å². The number of rotatable bonds is 8. The lowest BCUT2D eigenvalue weighted by Gasteiger charge is -2.19. The Morgan fingerprint density at radius 1 is 0.545 bits per heavy atom. The Morgan fingerprint density at radius 2 is 0.864 bits per heavy atom. The highest BCUT2D eigenvalue weighted by atomic mass is 15.4. The number of nitrogens with two attached hydrogens (primary N) is 1. The summed E-state index contributed by atoms with van der Waals surface area (Å²) in [5.41, 5.74) is 0. The van der Waals surface area contributed by atoms with Gasteiger partial charge in [0.05, 0.1) is 0 Å². The Bertz CT molecular complexity index is 114. The zero-order valence-electron chi connectivity index (χ0n) is 18.2. The summed E-state index contributed by atoms with van der Waals surface area (Å²) >= 11 is 0. The second-order valence-corrected chi connectivity index (χ2v) is 4.29. The molecule has 0 bridgehead atoms. The monoisotopic (exact) mass is 322 g/mol. The minimum Gasteiger partial charge on any atom is -0.309 e. The molecule has 0 aromatic heterocycles. The molecule has 0 atom stereocenters. The highest BCUT2D eigenvalue weighted by molar-refractivity contribution is 4.55. The van der Waals surface area contributed by atoms with Crippen LogP contribution in [0.2, 0.25) is 0 Å². The van der Waals surface area contributed by atoms with Crippen molar-refractivity contribution in [1.82, 2.24) is 14.8 Å². The maximum Gasteiger partial charge on any atom is 0.0137 e. The van der Waals surface area contributed by atoms with Crippen molar-refractivity contribution in [2.45, 2.75) is 68.2 Å². The molecule has 0 saturated heterocycles. The van der Waals surface area contributed by atoms with Crippen LogP contribution in [-0.4, -0.2) is 69.2 Å². The van der Waals surface area contributed by atoms with E-state index in [1.165, 1.54) is 19.5 Å². The molecule has 2 N–H and O–H groups in total. The average Bonchev–Trinajstić information content (AvgIpc) is 2.54. The van der Waals surface area contributed by atoms with E-state index in [0.717, 1.165) is 19.5 Å². The van der Waals surface area contributed by atoms with Crippen molar-refractivity contribution in [3.63, 3.8) is 0 Å². The number of hydrazine groups is 1. The van der Waals surface area contributed by atoms with Crippen LogP contribution in [0.15, 0.2) is 0 Å². The predicted octanol–water partition coefficient (Wildman–Crippen LogP) is 4.17. The van der Waals surface area contributed by atoms with Crippen LogP contribution >= 0.6 is 0 Å². The van der Waals surface area contributed by atoms with Crippen molar-refractivity contribution in [3.05, 3.63) is 0 Å². The molecule has 4 nitrogen and oxygen atoms in total. The minimum absolute atomic E-state index is 0.970. The van der Waals surface area contributed by atoms with Crippen LogP contribution < -0.4 is 5.84 Å². The van der Waals surface area contributed by atoms with Gasteiger partial charge in [-0.2, -0.15) is 0 Å². The average molecular weight is 323 g/mol. The van der Waals surface area contributed by atoms with Gasteiger partial charge in [0.2, 0.25) is 0 Å². The van der Waals surface area contributed by atoms with Crippen molar-refractivity contribution < 1.29 is 0 Å². The van der Waals surface area contributed by atoms with Crippen molar-refractivity contribution in [3.8, 4) is 0 Å². The number of hydrogen-bond acceptors (Lipinski definition) is 4. The summed E-state index contributed by atoms with van der Waals surface area (Å²) in [5, 5.41) is 1.74. The van der Waals surface area contributed by atoms with E-state index < -0.39 is 0 Å². The van der Waals surface area contributed by atoms with Gasteiger partial charge in [-0.25, -0.2) is 0 Å². The van der Waals surface area contributed by atoms with Crippen LogP contribution in [0.4, 0.5) is 0 Å². The summed E-state index contributed by atoms with van der Waals surface area (Å²) in [6.07, 6.45) is 2.38. The molecule has 0 rings (SSSR count). The van der Waals surface area contributed by atoms with Crippen LogP contribution in [-0.2, 0) is 0 Å².